The molecule has 0 bridgehead atoms. The second kappa shape index (κ2) is 7.68. The molecule has 1 aliphatic rings. The van der Waals surface area contributed by atoms with Gasteiger partial charge in [0.05, 0.1) is 11.2 Å². The first-order valence-corrected chi connectivity index (χ1v) is 9.85. The molecule has 146 valence electrons. The molecule has 0 aliphatic carbocycles. The van der Waals surface area contributed by atoms with Crippen LogP contribution in [0.2, 0.25) is 0 Å². The van der Waals surface area contributed by atoms with E-state index in [9.17, 15) is 5.11 Å². The summed E-state index contributed by atoms with van der Waals surface area (Å²) in [5, 5.41) is 13.9. The van der Waals surface area contributed by atoms with Crippen molar-refractivity contribution in [3.05, 3.63) is 48.5 Å². The number of rotatable bonds is 5. The minimum absolute atomic E-state index is 0.253. The smallest absolute Gasteiger partial charge is 0.0750 e. The Bertz CT molecular complexity index is 968. The van der Waals surface area contributed by atoms with Gasteiger partial charge < -0.3 is 20.2 Å². The number of nitrogens with zero attached hydrogens (tertiary/aromatic N) is 3. The molecule has 2 N–H and O–H groups in total. The molecular formula is C23H28N4O. The molecular weight excluding hydrogens is 348 g/mol. The van der Waals surface area contributed by atoms with Gasteiger partial charge >= 0.3 is 0 Å². The Kier molecular flexibility index (Phi) is 5.09. The number of benzene rings is 2. The van der Waals surface area contributed by atoms with Crippen molar-refractivity contribution in [2.75, 3.05) is 56.0 Å². The normalized spacial score (nSPS) is 16.6. The van der Waals surface area contributed by atoms with Gasteiger partial charge in [-0.2, -0.15) is 0 Å². The Hall–Kier alpha value is -2.79. The summed E-state index contributed by atoms with van der Waals surface area (Å²) in [6.07, 6.45) is 1.03. The Labute approximate surface area is 166 Å². The number of aromatic nitrogens is 1. The highest BCUT2D eigenvalue weighted by atomic mass is 16.3. The first kappa shape index (κ1) is 18.6. The van der Waals surface area contributed by atoms with Crippen molar-refractivity contribution in [1.29, 1.82) is 0 Å². The van der Waals surface area contributed by atoms with Gasteiger partial charge in [-0.25, -0.2) is 4.98 Å². The number of anilines is 3. The first-order valence-electron chi connectivity index (χ1n) is 9.85. The van der Waals surface area contributed by atoms with Crippen LogP contribution in [-0.4, -0.2) is 50.9 Å². The zero-order chi connectivity index (χ0) is 19.7. The minimum atomic E-state index is 0.253. The van der Waals surface area contributed by atoms with E-state index in [2.05, 4.69) is 77.7 Å². The lowest BCUT2D eigenvalue weighted by Gasteiger charge is -2.22. The molecule has 0 saturated carbocycles. The molecule has 2 aromatic carbocycles. The SMILES string of the molecule is CNc1ccc(-c2cc(N3CCC(CO)C3)c3ccc(N(C)C)cc3n2)cc1. The predicted octanol–water partition coefficient (Wildman–Crippen LogP) is 3.83. The molecule has 1 unspecified atom stereocenters. The van der Waals surface area contributed by atoms with Crippen molar-refractivity contribution in [1.82, 2.24) is 4.98 Å². The standard InChI is InChI=1S/C23H28N4O/c1-24-18-6-4-17(5-7-18)21-13-23(27-11-10-16(14-27)15-28)20-9-8-19(26(2)3)12-22(20)25-21/h4-9,12-13,16,24,28H,10-11,14-15H2,1-3H3. The van der Waals surface area contributed by atoms with Gasteiger partial charge in [0.25, 0.3) is 0 Å². The van der Waals surface area contributed by atoms with Crippen molar-refractivity contribution >= 4 is 28.0 Å². The molecule has 1 atom stereocenters. The summed E-state index contributed by atoms with van der Waals surface area (Å²) in [6.45, 7) is 2.11. The third kappa shape index (κ3) is 3.50. The van der Waals surface area contributed by atoms with E-state index in [0.717, 1.165) is 47.7 Å². The lowest BCUT2D eigenvalue weighted by Crippen LogP contribution is -2.21. The van der Waals surface area contributed by atoms with E-state index in [4.69, 9.17) is 4.98 Å². The second-order valence-corrected chi connectivity index (χ2v) is 7.73. The highest BCUT2D eigenvalue weighted by Crippen LogP contribution is 2.35. The number of pyridine rings is 1. The van der Waals surface area contributed by atoms with Gasteiger partial charge in [-0.3, -0.25) is 0 Å². The topological polar surface area (TPSA) is 51.6 Å². The maximum absolute atomic E-state index is 9.57. The lowest BCUT2D eigenvalue weighted by atomic mass is 10.1. The molecule has 0 amide bonds. The number of nitrogens with one attached hydrogen (secondary N) is 1. The molecule has 0 radical (unpaired) electrons. The van der Waals surface area contributed by atoms with E-state index >= 15 is 0 Å². The summed E-state index contributed by atoms with van der Waals surface area (Å²) in [5.41, 5.74) is 6.53. The summed E-state index contributed by atoms with van der Waals surface area (Å²) >= 11 is 0. The van der Waals surface area contributed by atoms with E-state index in [1.165, 1.54) is 11.1 Å². The number of aliphatic hydroxyl groups is 1. The fourth-order valence-electron chi connectivity index (χ4n) is 3.89. The molecule has 3 aromatic rings. The minimum Gasteiger partial charge on any atom is -0.396 e. The molecule has 1 fully saturated rings. The maximum Gasteiger partial charge on any atom is 0.0750 e. The second-order valence-electron chi connectivity index (χ2n) is 7.73. The van der Waals surface area contributed by atoms with Crippen molar-refractivity contribution in [2.45, 2.75) is 6.42 Å². The number of fused-ring (bicyclic) bond motifs is 1. The summed E-state index contributed by atoms with van der Waals surface area (Å²) in [6, 6.07) is 17.1. The van der Waals surface area contributed by atoms with Crippen LogP contribution in [0.1, 0.15) is 6.42 Å². The van der Waals surface area contributed by atoms with Gasteiger partial charge in [0.1, 0.15) is 0 Å². The van der Waals surface area contributed by atoms with Crippen LogP contribution in [-0.2, 0) is 0 Å². The van der Waals surface area contributed by atoms with Crippen molar-refractivity contribution < 1.29 is 5.11 Å². The largest absolute Gasteiger partial charge is 0.396 e. The Balaban J connectivity index is 1.85. The van der Waals surface area contributed by atoms with Crippen molar-refractivity contribution in [3.63, 3.8) is 0 Å². The highest BCUT2D eigenvalue weighted by Gasteiger charge is 2.24. The number of hydrogen-bond acceptors (Lipinski definition) is 5. The lowest BCUT2D eigenvalue weighted by molar-refractivity contribution is 0.238. The average molecular weight is 377 g/mol. The predicted molar refractivity (Wildman–Crippen MR) is 118 cm³/mol. The average Bonchev–Trinajstić information content (AvgIpc) is 3.21. The zero-order valence-corrected chi connectivity index (χ0v) is 16.8. The third-order valence-corrected chi connectivity index (χ3v) is 5.64. The fourth-order valence-corrected chi connectivity index (χ4v) is 3.89. The molecule has 1 aliphatic heterocycles. The van der Waals surface area contributed by atoms with Crippen molar-refractivity contribution in [3.8, 4) is 11.3 Å². The molecule has 4 rings (SSSR count). The zero-order valence-electron chi connectivity index (χ0n) is 16.8. The summed E-state index contributed by atoms with van der Waals surface area (Å²) < 4.78 is 0. The monoisotopic (exact) mass is 376 g/mol. The van der Waals surface area contributed by atoms with Gasteiger partial charge in [0.2, 0.25) is 0 Å². The summed E-state index contributed by atoms with van der Waals surface area (Å²) in [4.78, 5) is 9.49. The van der Waals surface area contributed by atoms with E-state index < -0.39 is 0 Å². The molecule has 1 saturated heterocycles. The Morgan fingerprint density at radius 1 is 1.14 bits per heavy atom. The van der Waals surface area contributed by atoms with Crippen LogP contribution in [0.25, 0.3) is 22.2 Å². The van der Waals surface area contributed by atoms with E-state index in [-0.39, 0.29) is 6.61 Å². The van der Waals surface area contributed by atoms with Gasteiger partial charge in [-0.1, -0.05) is 12.1 Å². The third-order valence-electron chi connectivity index (χ3n) is 5.64. The fraction of sp³-hybridized carbons (Fsp3) is 0.348. The molecule has 2 heterocycles. The summed E-state index contributed by atoms with van der Waals surface area (Å²) in [7, 11) is 6.03. The van der Waals surface area contributed by atoms with E-state index in [0.29, 0.717) is 5.92 Å². The Morgan fingerprint density at radius 3 is 2.57 bits per heavy atom. The van der Waals surface area contributed by atoms with Gasteiger partial charge in [-0.05, 0) is 42.8 Å². The quantitative estimate of drug-likeness (QED) is 0.709. The number of aliphatic hydroxyl groups excluding tert-OH is 1. The number of hydrogen-bond donors (Lipinski definition) is 2. The summed E-state index contributed by atoms with van der Waals surface area (Å²) in [5.74, 6) is 0.350. The van der Waals surface area contributed by atoms with Crippen LogP contribution in [0.5, 0.6) is 0 Å². The van der Waals surface area contributed by atoms with Crippen LogP contribution in [0.15, 0.2) is 48.5 Å². The Morgan fingerprint density at radius 2 is 1.93 bits per heavy atom. The molecule has 5 heteroatoms. The maximum atomic E-state index is 9.57. The van der Waals surface area contributed by atoms with Crippen LogP contribution in [0.4, 0.5) is 17.1 Å². The van der Waals surface area contributed by atoms with Gasteiger partial charge in [0, 0.05) is 74.8 Å². The molecule has 1 aromatic heterocycles. The van der Waals surface area contributed by atoms with Crippen molar-refractivity contribution in [2.24, 2.45) is 5.92 Å². The first-order chi connectivity index (χ1) is 13.6. The van der Waals surface area contributed by atoms with Crippen LogP contribution >= 0.6 is 0 Å². The van der Waals surface area contributed by atoms with Crippen LogP contribution in [0, 0.1) is 5.92 Å². The van der Waals surface area contributed by atoms with E-state index in [1.54, 1.807) is 0 Å². The molecule has 0 spiro atoms. The van der Waals surface area contributed by atoms with Crippen LogP contribution in [0.3, 0.4) is 0 Å². The van der Waals surface area contributed by atoms with Gasteiger partial charge in [0.15, 0.2) is 0 Å². The van der Waals surface area contributed by atoms with Crippen LogP contribution < -0.4 is 15.1 Å². The van der Waals surface area contributed by atoms with Gasteiger partial charge in [-0.15, -0.1) is 0 Å². The molecule has 28 heavy (non-hydrogen) atoms. The van der Waals surface area contributed by atoms with E-state index in [1.807, 2.05) is 7.05 Å². The highest BCUT2D eigenvalue weighted by molar-refractivity contribution is 5.96. The molecule has 5 nitrogen and oxygen atoms in total.